The van der Waals surface area contributed by atoms with E-state index in [1.165, 1.54) is 7.11 Å². The highest BCUT2D eigenvalue weighted by atomic mass is 16.6. The number of aliphatic hydroxyl groups excluding tert-OH is 1. The Labute approximate surface area is 175 Å². The van der Waals surface area contributed by atoms with Gasteiger partial charge in [-0.25, -0.2) is 0 Å². The third-order valence-electron chi connectivity index (χ3n) is 5.28. The molecule has 162 valence electrons. The van der Waals surface area contributed by atoms with E-state index in [0.717, 1.165) is 0 Å². The van der Waals surface area contributed by atoms with Crippen molar-refractivity contribution in [3.05, 3.63) is 34.9 Å². The van der Waals surface area contributed by atoms with Crippen molar-refractivity contribution in [3.8, 4) is 5.75 Å². The highest BCUT2D eigenvalue weighted by Crippen LogP contribution is 2.46. The molecule has 1 aromatic rings. The lowest BCUT2D eigenvalue weighted by Crippen LogP contribution is -2.48. The summed E-state index contributed by atoms with van der Waals surface area (Å²) < 4.78 is 15.9. The maximum absolute atomic E-state index is 13.5. The fourth-order valence-electron chi connectivity index (χ4n) is 3.90. The van der Waals surface area contributed by atoms with Gasteiger partial charge >= 0.3 is 5.97 Å². The van der Waals surface area contributed by atoms with Gasteiger partial charge in [0.25, 0.3) is 5.91 Å². The molecule has 0 unspecified atom stereocenters. The molecular weight excluding hydrogens is 390 g/mol. The van der Waals surface area contributed by atoms with Crippen molar-refractivity contribution >= 4 is 23.4 Å². The smallest absolute Gasteiger partial charge is 0.325 e. The fraction of sp³-hybridized carbons (Fsp3) is 0.500. The van der Waals surface area contributed by atoms with Gasteiger partial charge in [0, 0.05) is 18.8 Å². The number of carbonyl (C=O) groups is 3. The molecule has 1 spiro atoms. The van der Waals surface area contributed by atoms with Crippen LogP contribution in [0.5, 0.6) is 5.75 Å². The van der Waals surface area contributed by atoms with Crippen LogP contribution in [0.25, 0.3) is 5.76 Å². The summed E-state index contributed by atoms with van der Waals surface area (Å²) in [4.78, 5) is 38.3. The minimum atomic E-state index is -0.993. The molecule has 1 aliphatic heterocycles. The van der Waals surface area contributed by atoms with E-state index in [4.69, 9.17) is 14.2 Å². The summed E-state index contributed by atoms with van der Waals surface area (Å²) in [5, 5.41) is 13.2. The van der Waals surface area contributed by atoms with E-state index in [1.54, 1.807) is 39.0 Å². The highest BCUT2D eigenvalue weighted by molar-refractivity contribution is 6.28. The fourth-order valence-corrected chi connectivity index (χ4v) is 3.90. The van der Waals surface area contributed by atoms with Crippen LogP contribution in [0.3, 0.4) is 0 Å². The molecule has 8 nitrogen and oxygen atoms in total. The van der Waals surface area contributed by atoms with Crippen LogP contribution in [0, 0.1) is 0 Å². The summed E-state index contributed by atoms with van der Waals surface area (Å²) in [7, 11) is 1.52. The van der Waals surface area contributed by atoms with Crippen LogP contribution in [-0.4, -0.2) is 55.2 Å². The van der Waals surface area contributed by atoms with Crippen molar-refractivity contribution < 1.29 is 33.7 Å². The third-order valence-corrected chi connectivity index (χ3v) is 5.28. The average molecular weight is 417 g/mol. The molecule has 3 rings (SSSR count). The van der Waals surface area contributed by atoms with E-state index >= 15 is 0 Å². The Morgan fingerprint density at radius 3 is 2.50 bits per heavy atom. The Bertz CT molecular complexity index is 905. The van der Waals surface area contributed by atoms with Crippen LogP contribution in [-0.2, 0) is 29.3 Å². The zero-order valence-electron chi connectivity index (χ0n) is 17.7. The van der Waals surface area contributed by atoms with Crippen LogP contribution in [0.15, 0.2) is 23.8 Å². The van der Waals surface area contributed by atoms with Gasteiger partial charge in [0.05, 0.1) is 12.5 Å². The molecule has 1 saturated heterocycles. The Kier molecular flexibility index (Phi) is 5.90. The highest BCUT2D eigenvalue weighted by Gasteiger charge is 2.50. The lowest BCUT2D eigenvalue weighted by molar-refractivity contribution is -0.154. The van der Waals surface area contributed by atoms with Gasteiger partial charge in [0.1, 0.15) is 29.2 Å². The predicted octanol–water partition coefficient (Wildman–Crippen LogP) is 2.05. The summed E-state index contributed by atoms with van der Waals surface area (Å²) >= 11 is 0. The number of hydrogen-bond acceptors (Lipinski definition) is 7. The van der Waals surface area contributed by atoms with Crippen LogP contribution < -0.4 is 10.1 Å². The number of benzene rings is 1. The van der Waals surface area contributed by atoms with Crippen molar-refractivity contribution in [2.45, 2.75) is 44.6 Å². The zero-order chi connectivity index (χ0) is 22.1. The van der Waals surface area contributed by atoms with E-state index in [9.17, 15) is 19.5 Å². The maximum Gasteiger partial charge on any atom is 0.325 e. The number of amides is 1. The lowest BCUT2D eigenvalue weighted by Gasteiger charge is -2.40. The van der Waals surface area contributed by atoms with E-state index in [2.05, 4.69) is 5.32 Å². The molecular formula is C22H27NO7. The molecule has 1 amide bonds. The summed E-state index contributed by atoms with van der Waals surface area (Å²) in [6, 6.07) is 5.02. The number of methoxy groups -OCH3 is 1. The summed E-state index contributed by atoms with van der Waals surface area (Å²) in [5.41, 5.74) is -1.02. The first-order valence-electron chi connectivity index (χ1n) is 9.84. The number of esters is 1. The van der Waals surface area contributed by atoms with Crippen LogP contribution in [0.4, 0.5) is 0 Å². The zero-order valence-corrected chi connectivity index (χ0v) is 17.7. The van der Waals surface area contributed by atoms with Crippen LogP contribution >= 0.6 is 0 Å². The van der Waals surface area contributed by atoms with Crippen molar-refractivity contribution in [3.63, 3.8) is 0 Å². The number of ketones is 1. The van der Waals surface area contributed by atoms with Crippen LogP contribution in [0.2, 0.25) is 0 Å². The molecule has 1 fully saturated rings. The second-order valence-electron chi connectivity index (χ2n) is 8.43. The number of Topliss-reactive ketones (excluding diaryl/α,β-unsaturated/α-hetero) is 1. The van der Waals surface area contributed by atoms with Crippen LogP contribution in [0.1, 0.15) is 44.7 Å². The van der Waals surface area contributed by atoms with Crippen molar-refractivity contribution in [2.24, 2.45) is 0 Å². The van der Waals surface area contributed by atoms with E-state index in [0.29, 0.717) is 42.9 Å². The maximum atomic E-state index is 13.5. The molecule has 1 heterocycles. The van der Waals surface area contributed by atoms with Crippen molar-refractivity contribution in [2.75, 3.05) is 26.9 Å². The quantitative estimate of drug-likeness (QED) is 0.570. The average Bonchev–Trinajstić information content (AvgIpc) is 2.70. The molecule has 2 aliphatic rings. The number of carbonyl (C=O) groups excluding carboxylic acids is 3. The Hall–Kier alpha value is -2.87. The Balaban J connectivity index is 1.96. The number of rotatable bonds is 4. The largest absolute Gasteiger partial charge is 0.506 e. The molecule has 2 N–H and O–H groups in total. The first-order chi connectivity index (χ1) is 14.1. The van der Waals surface area contributed by atoms with Gasteiger partial charge in [0.15, 0.2) is 5.78 Å². The van der Waals surface area contributed by atoms with E-state index in [1.807, 2.05) is 0 Å². The molecule has 30 heavy (non-hydrogen) atoms. The number of aliphatic hydroxyl groups is 1. The molecule has 0 saturated carbocycles. The van der Waals surface area contributed by atoms with Gasteiger partial charge in [-0.1, -0.05) is 0 Å². The lowest BCUT2D eigenvalue weighted by atomic mass is 9.64. The molecule has 8 heteroatoms. The standard InChI is InChI=1S/C22H27NO7/c1-21(2,3)30-16(24)12-23-20(27)17-18(25)14-6-5-13(28-4)11-15(14)22(19(17)26)7-9-29-10-8-22/h5-6,11,25H,7-10,12H2,1-4H3,(H,23,27). The van der Waals surface area contributed by atoms with Crippen molar-refractivity contribution in [1.82, 2.24) is 5.32 Å². The normalized spacial score (nSPS) is 18.1. The van der Waals surface area contributed by atoms with E-state index in [-0.39, 0.29) is 5.57 Å². The van der Waals surface area contributed by atoms with Gasteiger partial charge in [-0.2, -0.15) is 0 Å². The SMILES string of the molecule is COc1ccc2c(c1)C1(CCOCC1)C(=O)C(C(=O)NCC(=O)OC(C)(C)C)=C2O. The first kappa shape index (κ1) is 21.8. The summed E-state index contributed by atoms with van der Waals surface area (Å²) in [6.45, 7) is 5.45. The minimum absolute atomic E-state index is 0.349. The van der Waals surface area contributed by atoms with Crippen molar-refractivity contribution in [1.29, 1.82) is 0 Å². The molecule has 0 aromatic heterocycles. The minimum Gasteiger partial charge on any atom is -0.506 e. The van der Waals surface area contributed by atoms with Gasteiger partial charge in [-0.05, 0) is 57.4 Å². The molecule has 0 radical (unpaired) electrons. The van der Waals surface area contributed by atoms with Gasteiger partial charge < -0.3 is 24.6 Å². The number of nitrogens with one attached hydrogen (secondary N) is 1. The van der Waals surface area contributed by atoms with E-state index < -0.39 is 41.0 Å². The summed E-state index contributed by atoms with van der Waals surface area (Å²) in [5.74, 6) is -1.78. The number of ether oxygens (including phenoxy) is 3. The Morgan fingerprint density at radius 1 is 1.23 bits per heavy atom. The summed E-state index contributed by atoms with van der Waals surface area (Å²) in [6.07, 6.45) is 0.754. The monoisotopic (exact) mass is 417 g/mol. The topological polar surface area (TPSA) is 111 Å². The number of fused-ring (bicyclic) bond motifs is 2. The van der Waals surface area contributed by atoms with Gasteiger partial charge in [0.2, 0.25) is 0 Å². The second kappa shape index (κ2) is 8.10. The molecule has 1 aliphatic carbocycles. The first-order valence-corrected chi connectivity index (χ1v) is 9.84. The third kappa shape index (κ3) is 4.05. The second-order valence-corrected chi connectivity index (χ2v) is 8.43. The molecule has 0 bridgehead atoms. The van der Waals surface area contributed by atoms with Gasteiger partial charge in [-0.15, -0.1) is 0 Å². The number of hydrogen-bond donors (Lipinski definition) is 2. The van der Waals surface area contributed by atoms with Gasteiger partial charge in [-0.3, -0.25) is 14.4 Å². The molecule has 1 aromatic carbocycles. The molecule has 0 atom stereocenters. The predicted molar refractivity (Wildman–Crippen MR) is 108 cm³/mol. The Morgan fingerprint density at radius 2 is 1.90 bits per heavy atom.